The average molecular weight is 587 g/mol. The predicted molar refractivity (Wildman–Crippen MR) is 177 cm³/mol. The molecule has 0 aromatic heterocycles. The summed E-state index contributed by atoms with van der Waals surface area (Å²) in [7, 11) is 0. The normalized spacial score (nSPS) is 19.6. The largest absolute Gasteiger partial charge is 0.507 e. The molecule has 4 N–H and O–H groups in total. The first-order chi connectivity index (χ1) is 18.4. The van der Waals surface area contributed by atoms with Crippen LogP contribution in [-0.2, 0) is 35.4 Å². The second-order valence-electron chi connectivity index (χ2n) is 15.3. The number of thioether (sulfide) groups is 2. The first-order valence-corrected chi connectivity index (χ1v) is 17.0. The number of aromatic hydroxyl groups is 2. The second kappa shape index (κ2) is 12.9. The zero-order valence-electron chi connectivity index (χ0n) is 26.7. The molecule has 0 spiro atoms. The van der Waals surface area contributed by atoms with Gasteiger partial charge in [0, 0.05) is 59.9 Å². The van der Waals surface area contributed by atoms with Crippen molar-refractivity contribution in [2.24, 2.45) is 10.8 Å². The maximum absolute atomic E-state index is 11.2. The van der Waals surface area contributed by atoms with Crippen LogP contribution in [0, 0.1) is 10.8 Å². The summed E-state index contributed by atoms with van der Waals surface area (Å²) in [4.78, 5) is 0. The molecule has 3 rings (SSSR count). The van der Waals surface area contributed by atoms with E-state index in [1.807, 2.05) is 23.5 Å². The van der Waals surface area contributed by atoms with Crippen LogP contribution in [-0.4, -0.2) is 34.8 Å². The molecular formula is C34H54N2O2S2. The third kappa shape index (κ3) is 9.34. The highest BCUT2D eigenvalue weighted by Gasteiger charge is 2.24. The van der Waals surface area contributed by atoms with Crippen molar-refractivity contribution in [3.05, 3.63) is 57.6 Å². The quantitative estimate of drug-likeness (QED) is 0.250. The first-order valence-electron chi connectivity index (χ1n) is 14.7. The van der Waals surface area contributed by atoms with Crippen LogP contribution < -0.4 is 10.6 Å². The minimum atomic E-state index is -0.00169. The molecule has 0 aliphatic carbocycles. The van der Waals surface area contributed by atoms with Gasteiger partial charge in [0.2, 0.25) is 0 Å². The fourth-order valence-corrected chi connectivity index (χ4v) is 7.45. The molecule has 4 nitrogen and oxygen atoms in total. The van der Waals surface area contributed by atoms with Crippen molar-refractivity contribution in [2.75, 3.05) is 24.6 Å². The molecule has 0 radical (unpaired) electrons. The SMILES string of the molecule is CC1(C)CNCc2cc(C(C)(C)C)cc(c2O)CSCC(C)(C)CSCc2cc(C(C)(C)C)cc(c2O)CNC1. The minimum Gasteiger partial charge on any atom is -0.507 e. The van der Waals surface area contributed by atoms with Gasteiger partial charge in [0.15, 0.2) is 0 Å². The van der Waals surface area contributed by atoms with Crippen LogP contribution in [0.2, 0.25) is 0 Å². The van der Waals surface area contributed by atoms with Gasteiger partial charge in [-0.3, -0.25) is 0 Å². The van der Waals surface area contributed by atoms with Crippen LogP contribution in [0.5, 0.6) is 11.5 Å². The summed E-state index contributed by atoms with van der Waals surface area (Å²) in [5.41, 5.74) is 6.72. The number of phenols is 2. The first kappa shape index (κ1) is 33.2. The molecule has 2 aromatic carbocycles. The van der Waals surface area contributed by atoms with E-state index in [1.54, 1.807) is 0 Å². The smallest absolute Gasteiger partial charge is 0.124 e. The van der Waals surface area contributed by atoms with E-state index >= 15 is 0 Å². The van der Waals surface area contributed by atoms with Gasteiger partial charge in [-0.15, -0.1) is 0 Å². The average Bonchev–Trinajstić information content (AvgIpc) is 2.80. The van der Waals surface area contributed by atoms with Gasteiger partial charge in [0.1, 0.15) is 11.5 Å². The molecular weight excluding hydrogens is 533 g/mol. The fraction of sp³-hybridized carbons (Fsp3) is 0.647. The van der Waals surface area contributed by atoms with E-state index in [1.165, 1.54) is 11.1 Å². The van der Waals surface area contributed by atoms with Crippen molar-refractivity contribution < 1.29 is 10.2 Å². The number of nitrogens with one attached hydrogen (secondary N) is 2. The lowest BCUT2D eigenvalue weighted by Crippen LogP contribution is -2.37. The van der Waals surface area contributed by atoms with Crippen LogP contribution in [0.15, 0.2) is 24.3 Å². The van der Waals surface area contributed by atoms with Gasteiger partial charge in [0.05, 0.1) is 0 Å². The molecule has 0 amide bonds. The maximum atomic E-state index is 11.2. The molecule has 40 heavy (non-hydrogen) atoms. The van der Waals surface area contributed by atoms with E-state index in [9.17, 15) is 10.2 Å². The third-order valence-electron chi connectivity index (χ3n) is 7.61. The molecule has 6 heteroatoms. The maximum Gasteiger partial charge on any atom is 0.124 e. The summed E-state index contributed by atoms with van der Waals surface area (Å²) < 4.78 is 0. The lowest BCUT2D eigenvalue weighted by molar-refractivity contribution is 0.317. The van der Waals surface area contributed by atoms with Crippen LogP contribution in [0.1, 0.15) is 103 Å². The Labute approximate surface area is 252 Å². The van der Waals surface area contributed by atoms with Crippen LogP contribution in [0.25, 0.3) is 0 Å². The second-order valence-corrected chi connectivity index (χ2v) is 17.3. The zero-order chi connectivity index (χ0) is 29.9. The zero-order valence-corrected chi connectivity index (χ0v) is 28.3. The molecule has 1 aliphatic rings. The lowest BCUT2D eigenvalue weighted by atomic mass is 9.84. The molecule has 1 aliphatic heterocycles. The van der Waals surface area contributed by atoms with Gasteiger partial charge < -0.3 is 20.8 Å². The highest BCUT2D eigenvalue weighted by molar-refractivity contribution is 7.99. The standard InChI is InChI=1S/C34H54N2O2S2/c1-31(2,3)27-11-23-15-35-19-33(7,8)20-36-16-24-12-28(32(4,5)6)14-26(30(24)38)18-40-22-34(9,10)21-39-17-25(13-27)29(23)37/h11-14,35-38H,15-22H2,1-10H3. The Bertz CT molecular complexity index is 1000. The Balaban J connectivity index is 1.91. The van der Waals surface area contributed by atoms with Crippen molar-refractivity contribution in [3.63, 3.8) is 0 Å². The fourth-order valence-electron chi connectivity index (χ4n) is 4.93. The van der Waals surface area contributed by atoms with E-state index in [0.717, 1.165) is 58.4 Å². The van der Waals surface area contributed by atoms with Gasteiger partial charge in [-0.1, -0.05) is 93.5 Å². The van der Waals surface area contributed by atoms with Crippen LogP contribution in [0.4, 0.5) is 0 Å². The highest BCUT2D eigenvalue weighted by Crippen LogP contribution is 2.38. The molecule has 2 aromatic rings. The van der Waals surface area contributed by atoms with Gasteiger partial charge in [-0.25, -0.2) is 0 Å². The van der Waals surface area contributed by atoms with E-state index in [2.05, 4.69) is 104 Å². The molecule has 1 heterocycles. The molecule has 0 saturated carbocycles. The minimum absolute atomic E-state index is 0.00169. The van der Waals surface area contributed by atoms with Crippen molar-refractivity contribution in [1.82, 2.24) is 10.6 Å². The number of phenolic OH excluding ortho intramolecular Hbond substituents is 2. The molecule has 0 atom stereocenters. The molecule has 0 unspecified atom stereocenters. The summed E-state index contributed by atoms with van der Waals surface area (Å²) in [5.74, 6) is 4.48. The lowest BCUT2D eigenvalue weighted by Gasteiger charge is -2.28. The summed E-state index contributed by atoms with van der Waals surface area (Å²) in [6.07, 6.45) is 0. The summed E-state index contributed by atoms with van der Waals surface area (Å²) >= 11 is 3.81. The van der Waals surface area contributed by atoms with E-state index in [0.29, 0.717) is 24.6 Å². The summed E-state index contributed by atoms with van der Waals surface area (Å²) in [5, 5.41) is 29.7. The van der Waals surface area contributed by atoms with Gasteiger partial charge in [-0.05, 0) is 44.3 Å². The van der Waals surface area contributed by atoms with Gasteiger partial charge in [0.25, 0.3) is 0 Å². The van der Waals surface area contributed by atoms with Crippen molar-refractivity contribution in [3.8, 4) is 11.5 Å². The third-order valence-corrected chi connectivity index (χ3v) is 10.6. The topological polar surface area (TPSA) is 64.5 Å². The Hall–Kier alpha value is -1.34. The number of benzene rings is 2. The number of hydrogen-bond donors (Lipinski definition) is 4. The summed E-state index contributed by atoms with van der Waals surface area (Å²) in [6, 6.07) is 8.76. The molecule has 4 bridgehead atoms. The highest BCUT2D eigenvalue weighted by atomic mass is 32.2. The molecule has 0 fully saturated rings. The number of rotatable bonds is 0. The van der Waals surface area contributed by atoms with Crippen molar-refractivity contribution in [1.29, 1.82) is 0 Å². The van der Waals surface area contributed by atoms with Crippen LogP contribution in [0.3, 0.4) is 0 Å². The predicted octanol–water partition coefficient (Wildman–Crippen LogP) is 8.10. The van der Waals surface area contributed by atoms with E-state index in [4.69, 9.17) is 0 Å². The summed E-state index contributed by atoms with van der Waals surface area (Å²) in [6.45, 7) is 25.5. The Morgan fingerprint density at radius 1 is 0.600 bits per heavy atom. The van der Waals surface area contributed by atoms with Crippen molar-refractivity contribution in [2.45, 2.75) is 105 Å². The Morgan fingerprint density at radius 2 is 0.950 bits per heavy atom. The van der Waals surface area contributed by atoms with E-state index in [-0.39, 0.29) is 21.7 Å². The number of hydrogen-bond acceptors (Lipinski definition) is 6. The van der Waals surface area contributed by atoms with E-state index < -0.39 is 0 Å². The molecule has 224 valence electrons. The Kier molecular flexibility index (Phi) is 10.7. The van der Waals surface area contributed by atoms with Gasteiger partial charge >= 0.3 is 0 Å². The van der Waals surface area contributed by atoms with Crippen molar-refractivity contribution >= 4 is 23.5 Å². The van der Waals surface area contributed by atoms with Gasteiger partial charge in [-0.2, -0.15) is 23.5 Å². The monoisotopic (exact) mass is 586 g/mol. The molecule has 0 saturated heterocycles. The number of fused-ring (bicyclic) bond motifs is 4. The van der Waals surface area contributed by atoms with Crippen LogP contribution >= 0.6 is 23.5 Å². The Morgan fingerprint density at radius 3 is 1.30 bits per heavy atom.